The second-order valence-corrected chi connectivity index (χ2v) is 8.37. The van der Waals surface area contributed by atoms with Crippen molar-refractivity contribution in [3.63, 3.8) is 0 Å². The molecule has 4 rings (SSSR count). The van der Waals surface area contributed by atoms with E-state index in [2.05, 4.69) is 20.3 Å². The maximum Gasteiger partial charge on any atom is 0.407 e. The Morgan fingerprint density at radius 2 is 2.18 bits per heavy atom. The zero-order chi connectivity index (χ0) is 19.7. The number of hydrogen-bond donors (Lipinski definition) is 2. The minimum absolute atomic E-state index is 0.0737. The third-order valence-electron chi connectivity index (χ3n) is 5.07. The highest BCUT2D eigenvalue weighted by molar-refractivity contribution is 5.94. The molecule has 7 heteroatoms. The number of aromatic amines is 1. The average Bonchev–Trinajstić information content (AvgIpc) is 3.29. The molecule has 148 valence electrons. The van der Waals surface area contributed by atoms with E-state index in [9.17, 15) is 4.79 Å². The maximum absolute atomic E-state index is 12.2. The fourth-order valence-corrected chi connectivity index (χ4v) is 3.97. The van der Waals surface area contributed by atoms with Gasteiger partial charge in [-0.05, 0) is 52.2 Å². The van der Waals surface area contributed by atoms with E-state index in [0.717, 1.165) is 53.7 Å². The van der Waals surface area contributed by atoms with Crippen LogP contribution in [0, 0.1) is 0 Å². The molecule has 3 heterocycles. The van der Waals surface area contributed by atoms with Crippen LogP contribution in [0.3, 0.4) is 0 Å². The first-order valence-corrected chi connectivity index (χ1v) is 9.76. The van der Waals surface area contributed by atoms with E-state index in [1.807, 2.05) is 39.1 Å². The number of rotatable bonds is 3. The Morgan fingerprint density at radius 3 is 2.93 bits per heavy atom. The molecule has 1 fully saturated rings. The second kappa shape index (κ2) is 7.30. The number of fused-ring (bicyclic) bond motifs is 1. The number of amides is 1. The quantitative estimate of drug-likeness (QED) is 0.681. The second-order valence-electron chi connectivity index (χ2n) is 8.37. The van der Waals surface area contributed by atoms with Crippen LogP contribution >= 0.6 is 0 Å². The van der Waals surface area contributed by atoms with Crippen LogP contribution in [0.1, 0.15) is 58.1 Å². The molecule has 0 bridgehead atoms. The largest absolute Gasteiger partial charge is 0.464 e. The van der Waals surface area contributed by atoms with Crippen LogP contribution in [-0.2, 0) is 4.74 Å². The number of nitrogens with one attached hydrogen (secondary N) is 2. The summed E-state index contributed by atoms with van der Waals surface area (Å²) in [6, 6.07) is 3.89. The van der Waals surface area contributed by atoms with Crippen LogP contribution in [0.2, 0.25) is 0 Å². The van der Waals surface area contributed by atoms with E-state index in [-0.39, 0.29) is 18.1 Å². The van der Waals surface area contributed by atoms with Crippen molar-refractivity contribution >= 4 is 17.1 Å². The highest BCUT2D eigenvalue weighted by Gasteiger charge is 2.29. The van der Waals surface area contributed by atoms with Gasteiger partial charge in [0.2, 0.25) is 0 Å². The summed E-state index contributed by atoms with van der Waals surface area (Å²) >= 11 is 0. The molecule has 1 amide bonds. The van der Waals surface area contributed by atoms with Gasteiger partial charge in [0.1, 0.15) is 23.3 Å². The first kappa shape index (κ1) is 18.5. The van der Waals surface area contributed by atoms with Crippen molar-refractivity contribution < 1.29 is 13.9 Å². The average molecular weight is 382 g/mol. The van der Waals surface area contributed by atoms with Crippen molar-refractivity contribution in [2.45, 2.75) is 64.0 Å². The van der Waals surface area contributed by atoms with Gasteiger partial charge in [-0.2, -0.15) is 0 Å². The fraction of sp³-hybridized carbons (Fsp3) is 0.476. The monoisotopic (exact) mass is 382 g/mol. The molecule has 0 radical (unpaired) electrons. The third kappa shape index (κ3) is 3.88. The molecule has 1 saturated carbocycles. The molecular formula is C21H26N4O3. The molecule has 0 saturated heterocycles. The SMILES string of the molecule is CC(C)(C)OC(=O)N[C@H]1CCC[C@H](c2ncnc3[nH]cc(-c4ccco4)c23)C1. The van der Waals surface area contributed by atoms with Gasteiger partial charge in [0.05, 0.1) is 17.3 Å². The Balaban J connectivity index is 1.58. The van der Waals surface area contributed by atoms with Gasteiger partial charge in [-0.1, -0.05) is 6.42 Å². The molecule has 0 aromatic carbocycles. The Morgan fingerprint density at radius 1 is 1.32 bits per heavy atom. The van der Waals surface area contributed by atoms with Gasteiger partial charge in [0.25, 0.3) is 0 Å². The number of carbonyl (C=O) groups is 1. The molecule has 7 nitrogen and oxygen atoms in total. The lowest BCUT2D eigenvalue weighted by Gasteiger charge is -2.30. The number of ether oxygens (including phenoxy) is 1. The van der Waals surface area contributed by atoms with Gasteiger partial charge in [0.15, 0.2) is 0 Å². The highest BCUT2D eigenvalue weighted by Crippen LogP contribution is 2.38. The zero-order valence-corrected chi connectivity index (χ0v) is 16.5. The van der Waals surface area contributed by atoms with Gasteiger partial charge in [-0.15, -0.1) is 0 Å². The van der Waals surface area contributed by atoms with E-state index in [1.54, 1.807) is 12.6 Å². The van der Waals surface area contributed by atoms with E-state index in [4.69, 9.17) is 9.15 Å². The molecule has 1 aliphatic rings. The summed E-state index contributed by atoms with van der Waals surface area (Å²) in [5.41, 5.74) is 2.28. The first-order chi connectivity index (χ1) is 13.4. The lowest BCUT2D eigenvalue weighted by Crippen LogP contribution is -2.41. The number of H-pyrrole nitrogens is 1. The fourth-order valence-electron chi connectivity index (χ4n) is 3.97. The van der Waals surface area contributed by atoms with Crippen molar-refractivity contribution in [1.29, 1.82) is 0 Å². The minimum atomic E-state index is -0.500. The number of nitrogens with zero attached hydrogens (tertiary/aromatic N) is 2. The summed E-state index contributed by atoms with van der Waals surface area (Å²) in [4.78, 5) is 24.4. The van der Waals surface area contributed by atoms with E-state index < -0.39 is 5.60 Å². The maximum atomic E-state index is 12.2. The Hall–Kier alpha value is -2.83. The number of aromatic nitrogens is 3. The molecule has 0 spiro atoms. The van der Waals surface area contributed by atoms with Gasteiger partial charge < -0.3 is 19.5 Å². The lowest BCUT2D eigenvalue weighted by molar-refractivity contribution is 0.0490. The van der Waals surface area contributed by atoms with Gasteiger partial charge in [-0.25, -0.2) is 14.8 Å². The predicted molar refractivity (Wildman–Crippen MR) is 106 cm³/mol. The van der Waals surface area contributed by atoms with Crippen molar-refractivity contribution in [3.05, 3.63) is 36.6 Å². The third-order valence-corrected chi connectivity index (χ3v) is 5.07. The normalized spacial score (nSPS) is 20.2. The summed E-state index contributed by atoms with van der Waals surface area (Å²) < 4.78 is 11.0. The molecule has 2 N–H and O–H groups in total. The molecular weight excluding hydrogens is 356 g/mol. The highest BCUT2D eigenvalue weighted by atomic mass is 16.6. The number of furan rings is 1. The van der Waals surface area contributed by atoms with E-state index in [0.29, 0.717) is 0 Å². The molecule has 2 atom stereocenters. The summed E-state index contributed by atoms with van der Waals surface area (Å²) in [6.45, 7) is 5.61. The smallest absolute Gasteiger partial charge is 0.407 e. The van der Waals surface area contributed by atoms with Crippen LogP contribution in [0.4, 0.5) is 4.79 Å². The van der Waals surface area contributed by atoms with Crippen LogP contribution < -0.4 is 5.32 Å². The van der Waals surface area contributed by atoms with Crippen LogP contribution in [-0.4, -0.2) is 32.7 Å². The van der Waals surface area contributed by atoms with Gasteiger partial charge >= 0.3 is 6.09 Å². The molecule has 28 heavy (non-hydrogen) atoms. The zero-order valence-electron chi connectivity index (χ0n) is 16.5. The predicted octanol–water partition coefficient (Wildman–Crippen LogP) is 4.77. The topological polar surface area (TPSA) is 93.0 Å². The lowest BCUT2D eigenvalue weighted by atomic mass is 9.82. The number of alkyl carbamates (subject to hydrolysis) is 1. The van der Waals surface area contributed by atoms with Gasteiger partial charge in [0, 0.05) is 23.7 Å². The van der Waals surface area contributed by atoms with Crippen molar-refractivity contribution in [2.75, 3.05) is 0 Å². The molecule has 1 aliphatic carbocycles. The Kier molecular flexibility index (Phi) is 4.83. The van der Waals surface area contributed by atoms with E-state index >= 15 is 0 Å². The molecule has 3 aromatic heterocycles. The van der Waals surface area contributed by atoms with Crippen molar-refractivity contribution in [2.24, 2.45) is 0 Å². The summed E-state index contributed by atoms with van der Waals surface area (Å²) in [7, 11) is 0. The van der Waals surface area contributed by atoms with Crippen molar-refractivity contribution in [1.82, 2.24) is 20.3 Å². The van der Waals surface area contributed by atoms with E-state index in [1.165, 1.54) is 0 Å². The Bertz CT molecular complexity index is 956. The summed E-state index contributed by atoms with van der Waals surface area (Å²) in [6.07, 6.45) is 8.66. The minimum Gasteiger partial charge on any atom is -0.464 e. The summed E-state index contributed by atoms with van der Waals surface area (Å²) in [5, 5.41) is 4.03. The number of hydrogen-bond acceptors (Lipinski definition) is 5. The number of carbonyl (C=O) groups excluding carboxylic acids is 1. The van der Waals surface area contributed by atoms with Crippen molar-refractivity contribution in [3.8, 4) is 11.3 Å². The Labute approximate surface area is 163 Å². The summed E-state index contributed by atoms with van der Waals surface area (Å²) in [5.74, 6) is 1.03. The standard InChI is InChI=1S/C21H26N4O3/c1-21(2,3)28-20(26)25-14-7-4-6-13(10-14)18-17-15(16-8-5-9-27-16)11-22-19(17)24-12-23-18/h5,8-9,11-14H,4,6-7,10H2,1-3H3,(H,25,26)(H,22,23,24)/t13-,14-/m0/s1. The molecule has 0 unspecified atom stereocenters. The molecule has 3 aromatic rings. The van der Waals surface area contributed by atoms with Crippen LogP contribution in [0.25, 0.3) is 22.4 Å². The van der Waals surface area contributed by atoms with Gasteiger partial charge in [-0.3, -0.25) is 0 Å². The van der Waals surface area contributed by atoms with Crippen LogP contribution in [0.15, 0.2) is 35.3 Å². The molecule has 0 aliphatic heterocycles. The first-order valence-electron chi connectivity index (χ1n) is 9.76. The van der Waals surface area contributed by atoms with Crippen LogP contribution in [0.5, 0.6) is 0 Å².